The zero-order chi connectivity index (χ0) is 25.5. The van der Waals surface area contributed by atoms with Gasteiger partial charge in [-0.3, -0.25) is 19.2 Å². The van der Waals surface area contributed by atoms with Gasteiger partial charge in [0.05, 0.1) is 0 Å². The number of nitrogens with one attached hydrogen (secondary N) is 2. The van der Waals surface area contributed by atoms with Crippen molar-refractivity contribution in [1.82, 2.24) is 15.1 Å². The number of rotatable bonds is 2. The van der Waals surface area contributed by atoms with E-state index >= 15 is 0 Å². The lowest BCUT2D eigenvalue weighted by Crippen LogP contribution is -2.53. The third-order valence-corrected chi connectivity index (χ3v) is 5.59. The SMILES string of the molecule is CC(C)N1CC(=O)NCCc2ccc(cc2)Oc2cccc(c2)NC(=O)CN(C(C)C)C(=O)C1=O. The van der Waals surface area contributed by atoms with Gasteiger partial charge >= 0.3 is 11.8 Å². The summed E-state index contributed by atoms with van der Waals surface area (Å²) in [5.41, 5.74) is 1.51. The molecule has 0 spiro atoms. The van der Waals surface area contributed by atoms with Crippen molar-refractivity contribution in [3.8, 4) is 11.5 Å². The van der Waals surface area contributed by atoms with Crippen molar-refractivity contribution in [3.63, 3.8) is 0 Å². The van der Waals surface area contributed by atoms with Gasteiger partial charge in [0, 0.05) is 30.4 Å². The van der Waals surface area contributed by atoms with E-state index in [1.807, 2.05) is 24.3 Å². The highest BCUT2D eigenvalue weighted by atomic mass is 16.5. The summed E-state index contributed by atoms with van der Waals surface area (Å²) in [6.45, 7) is 6.74. The van der Waals surface area contributed by atoms with Crippen LogP contribution >= 0.6 is 0 Å². The first kappa shape index (κ1) is 25.7. The van der Waals surface area contributed by atoms with Gasteiger partial charge in [-0.2, -0.15) is 0 Å². The summed E-state index contributed by atoms with van der Waals surface area (Å²) in [6, 6.07) is 13.6. The van der Waals surface area contributed by atoms with Gasteiger partial charge in [0.15, 0.2) is 0 Å². The first-order chi connectivity index (χ1) is 16.6. The highest BCUT2D eigenvalue weighted by Crippen LogP contribution is 2.24. The van der Waals surface area contributed by atoms with E-state index in [9.17, 15) is 19.2 Å². The zero-order valence-electron chi connectivity index (χ0n) is 20.5. The molecule has 9 nitrogen and oxygen atoms in total. The van der Waals surface area contributed by atoms with Crippen molar-refractivity contribution in [2.24, 2.45) is 0 Å². The predicted octanol–water partition coefficient (Wildman–Crippen LogP) is 2.56. The maximum atomic E-state index is 13.1. The molecule has 35 heavy (non-hydrogen) atoms. The molecule has 186 valence electrons. The molecule has 2 N–H and O–H groups in total. The minimum atomic E-state index is -0.831. The molecule has 2 aromatic carbocycles. The van der Waals surface area contributed by atoms with E-state index < -0.39 is 23.8 Å². The first-order valence-electron chi connectivity index (χ1n) is 11.7. The van der Waals surface area contributed by atoms with Gasteiger partial charge in [0.1, 0.15) is 24.6 Å². The Hall–Kier alpha value is -3.88. The van der Waals surface area contributed by atoms with Gasteiger partial charge in [-0.15, -0.1) is 0 Å². The third kappa shape index (κ3) is 7.05. The Kier molecular flexibility index (Phi) is 8.46. The quantitative estimate of drug-likeness (QED) is 0.507. The summed E-state index contributed by atoms with van der Waals surface area (Å²) in [7, 11) is 0. The number of amides is 4. The normalized spacial score (nSPS) is 16.3. The van der Waals surface area contributed by atoms with E-state index in [1.165, 1.54) is 9.80 Å². The maximum absolute atomic E-state index is 13.1. The van der Waals surface area contributed by atoms with Crippen LogP contribution in [0, 0.1) is 0 Å². The van der Waals surface area contributed by atoms with Gasteiger partial charge < -0.3 is 25.2 Å². The molecule has 0 aliphatic carbocycles. The van der Waals surface area contributed by atoms with Gasteiger partial charge in [-0.25, -0.2) is 0 Å². The molecule has 0 saturated heterocycles. The molecule has 4 bridgehead atoms. The van der Waals surface area contributed by atoms with Crippen LogP contribution in [0.3, 0.4) is 0 Å². The van der Waals surface area contributed by atoms with E-state index in [-0.39, 0.29) is 25.0 Å². The van der Waals surface area contributed by atoms with Crippen molar-refractivity contribution in [2.75, 3.05) is 25.0 Å². The summed E-state index contributed by atoms with van der Waals surface area (Å²) in [4.78, 5) is 53.8. The second-order valence-corrected chi connectivity index (χ2v) is 8.98. The first-order valence-corrected chi connectivity index (χ1v) is 11.7. The molecule has 2 heterocycles. The number of hydrogen-bond donors (Lipinski definition) is 2. The summed E-state index contributed by atoms with van der Waals surface area (Å²) in [6.07, 6.45) is 0.600. The molecule has 2 aliphatic heterocycles. The Balaban J connectivity index is 1.90. The standard InChI is InChI=1S/C26H32N4O5/c1-17(2)29-15-23(31)27-13-12-19-8-10-21(11-9-19)35-22-7-5-6-20(14-22)28-24(32)16-30(18(3)4)26(34)25(29)33/h5-11,14,17-18H,12-13,15-16H2,1-4H3,(H,27,31)(H,28,32). The van der Waals surface area contributed by atoms with Crippen LogP contribution in [-0.2, 0) is 25.6 Å². The minimum Gasteiger partial charge on any atom is -0.457 e. The van der Waals surface area contributed by atoms with Crippen LogP contribution < -0.4 is 15.4 Å². The van der Waals surface area contributed by atoms with Gasteiger partial charge in [-0.1, -0.05) is 18.2 Å². The Morgan fingerprint density at radius 3 is 1.97 bits per heavy atom. The Morgan fingerprint density at radius 1 is 0.771 bits per heavy atom. The number of anilines is 1. The lowest BCUT2D eigenvalue weighted by molar-refractivity contribution is -0.155. The molecule has 0 unspecified atom stereocenters. The van der Waals surface area contributed by atoms with Crippen molar-refractivity contribution in [2.45, 2.75) is 46.2 Å². The maximum Gasteiger partial charge on any atom is 0.312 e. The molecule has 4 amide bonds. The van der Waals surface area contributed by atoms with E-state index in [0.29, 0.717) is 30.2 Å². The number of carbonyl (C=O) groups excluding carboxylic acids is 4. The number of benzene rings is 2. The Morgan fingerprint density at radius 2 is 1.37 bits per heavy atom. The molecule has 0 radical (unpaired) electrons. The van der Waals surface area contributed by atoms with Crippen LogP contribution in [0.1, 0.15) is 33.3 Å². The fourth-order valence-electron chi connectivity index (χ4n) is 3.63. The average Bonchev–Trinajstić information content (AvgIpc) is 2.80. The minimum absolute atomic E-state index is 0.250. The van der Waals surface area contributed by atoms with Crippen molar-refractivity contribution < 1.29 is 23.9 Å². The predicted molar refractivity (Wildman–Crippen MR) is 132 cm³/mol. The number of carbonyl (C=O) groups is 4. The number of fused-ring (bicyclic) bond motifs is 13. The van der Waals surface area contributed by atoms with Gasteiger partial charge in [0.25, 0.3) is 0 Å². The molecule has 0 fully saturated rings. The molecule has 0 aromatic heterocycles. The van der Waals surface area contributed by atoms with Crippen molar-refractivity contribution in [3.05, 3.63) is 54.1 Å². The largest absolute Gasteiger partial charge is 0.457 e. The Labute approximate surface area is 205 Å². The molecule has 9 heteroatoms. The Bertz CT molecular complexity index is 1080. The smallest absolute Gasteiger partial charge is 0.312 e. The van der Waals surface area contributed by atoms with E-state index in [4.69, 9.17) is 4.74 Å². The monoisotopic (exact) mass is 480 g/mol. The third-order valence-electron chi connectivity index (χ3n) is 5.59. The van der Waals surface area contributed by atoms with Gasteiger partial charge in [0.2, 0.25) is 11.8 Å². The van der Waals surface area contributed by atoms with Crippen LogP contribution in [0.4, 0.5) is 5.69 Å². The summed E-state index contributed by atoms with van der Waals surface area (Å²) in [5.74, 6) is -1.29. The van der Waals surface area contributed by atoms with Crippen LogP contribution in [0.2, 0.25) is 0 Å². The molecule has 0 saturated carbocycles. The van der Waals surface area contributed by atoms with Crippen molar-refractivity contribution >= 4 is 29.3 Å². The summed E-state index contributed by atoms with van der Waals surface area (Å²) < 4.78 is 5.89. The highest BCUT2D eigenvalue weighted by molar-refractivity contribution is 6.35. The molecule has 2 aromatic rings. The van der Waals surface area contributed by atoms with Crippen LogP contribution in [-0.4, -0.2) is 65.1 Å². The molecule has 4 rings (SSSR count). The van der Waals surface area contributed by atoms with Crippen LogP contribution in [0.25, 0.3) is 0 Å². The molecule has 2 aliphatic rings. The molecular formula is C26H32N4O5. The second-order valence-electron chi connectivity index (χ2n) is 8.98. The summed E-state index contributed by atoms with van der Waals surface area (Å²) >= 11 is 0. The van der Waals surface area contributed by atoms with Crippen molar-refractivity contribution in [1.29, 1.82) is 0 Å². The lowest BCUT2D eigenvalue weighted by atomic mass is 10.1. The highest BCUT2D eigenvalue weighted by Gasteiger charge is 2.32. The van der Waals surface area contributed by atoms with E-state index in [0.717, 1.165) is 5.56 Å². The average molecular weight is 481 g/mol. The molecule has 0 atom stereocenters. The van der Waals surface area contributed by atoms with E-state index in [2.05, 4.69) is 10.6 Å². The number of ether oxygens (including phenoxy) is 1. The lowest BCUT2D eigenvalue weighted by Gasteiger charge is -2.30. The topological polar surface area (TPSA) is 108 Å². The molecular weight excluding hydrogens is 448 g/mol. The zero-order valence-corrected chi connectivity index (χ0v) is 20.5. The fraction of sp³-hybridized carbons (Fsp3) is 0.385. The van der Waals surface area contributed by atoms with Crippen LogP contribution in [0.5, 0.6) is 11.5 Å². The number of nitrogens with zero attached hydrogens (tertiary/aromatic N) is 2. The number of hydrogen-bond acceptors (Lipinski definition) is 5. The summed E-state index contributed by atoms with van der Waals surface area (Å²) in [5, 5.41) is 5.56. The van der Waals surface area contributed by atoms with E-state index in [1.54, 1.807) is 52.0 Å². The van der Waals surface area contributed by atoms with Gasteiger partial charge in [-0.05, 0) is 63.9 Å². The fourth-order valence-corrected chi connectivity index (χ4v) is 3.63. The second kappa shape index (κ2) is 11.5. The van der Waals surface area contributed by atoms with Crippen LogP contribution in [0.15, 0.2) is 48.5 Å².